The maximum absolute atomic E-state index is 12.5. The minimum Gasteiger partial charge on any atom is -0.489 e. The molecule has 0 radical (unpaired) electrons. The Morgan fingerprint density at radius 2 is 1.85 bits per heavy atom. The van der Waals surface area contributed by atoms with Crippen LogP contribution in [-0.4, -0.2) is 41.3 Å². The smallest absolute Gasteiger partial charge is 0.227 e. The Morgan fingerprint density at radius 3 is 2.42 bits per heavy atom. The van der Waals surface area contributed by atoms with Gasteiger partial charge in [0.25, 0.3) is 0 Å². The molecule has 0 unspecified atom stereocenters. The molecule has 1 aliphatic heterocycles. The molecule has 1 fully saturated rings. The van der Waals surface area contributed by atoms with Crippen molar-refractivity contribution in [1.29, 1.82) is 0 Å². The number of hydrogen-bond donors (Lipinski definition) is 0. The van der Waals surface area contributed by atoms with Crippen LogP contribution in [0.2, 0.25) is 0 Å². The van der Waals surface area contributed by atoms with Crippen LogP contribution in [0, 0.1) is 13.8 Å². The Morgan fingerprint density at radius 1 is 1.19 bits per heavy atom. The molecule has 2 atom stereocenters. The van der Waals surface area contributed by atoms with Crippen molar-refractivity contribution in [2.75, 3.05) is 13.1 Å². The molecule has 2 aromatic rings. The second-order valence-corrected chi connectivity index (χ2v) is 6.97. The maximum atomic E-state index is 12.5. The van der Waals surface area contributed by atoms with E-state index in [1.807, 2.05) is 56.9 Å². The summed E-state index contributed by atoms with van der Waals surface area (Å²) in [5.41, 5.74) is 2.80. The van der Waals surface area contributed by atoms with Gasteiger partial charge in [-0.1, -0.05) is 17.3 Å². The van der Waals surface area contributed by atoms with Crippen molar-refractivity contribution in [2.45, 2.75) is 52.9 Å². The number of carbonyl (C=O) groups is 1. The quantitative estimate of drug-likeness (QED) is 0.822. The molecule has 0 N–H and O–H groups in total. The van der Waals surface area contributed by atoms with Crippen molar-refractivity contribution in [2.24, 2.45) is 0 Å². The number of nitrogens with zero attached hydrogens (tertiary/aromatic N) is 2. The van der Waals surface area contributed by atoms with E-state index >= 15 is 0 Å². The zero-order chi connectivity index (χ0) is 18.7. The van der Waals surface area contributed by atoms with Crippen molar-refractivity contribution in [3.63, 3.8) is 0 Å². The molecule has 6 heteroatoms. The Balaban J connectivity index is 1.55. The number of carbonyl (C=O) groups excluding carboxylic acids is 1. The van der Waals surface area contributed by atoms with Gasteiger partial charge in [-0.25, -0.2) is 0 Å². The first kappa shape index (κ1) is 18.5. The van der Waals surface area contributed by atoms with Gasteiger partial charge in [-0.05, 0) is 45.4 Å². The first-order valence-electron chi connectivity index (χ1n) is 8.99. The molecule has 0 aliphatic carbocycles. The summed E-state index contributed by atoms with van der Waals surface area (Å²) in [6.45, 7) is 9.51. The standard InChI is InChI=1S/C20H26N2O4/c1-13-10-22(11-14(2)25-13)20(23)9-17-5-7-18(8-6-17)24-12-19-15(3)21-26-16(19)4/h5-8,13-14H,9-12H2,1-4H3/t13-,14+. The van der Waals surface area contributed by atoms with Gasteiger partial charge in [0.15, 0.2) is 0 Å². The molecule has 0 spiro atoms. The van der Waals surface area contributed by atoms with Gasteiger partial charge in [-0.15, -0.1) is 0 Å². The summed E-state index contributed by atoms with van der Waals surface area (Å²) in [6, 6.07) is 7.67. The van der Waals surface area contributed by atoms with Gasteiger partial charge in [-0.3, -0.25) is 4.79 Å². The average Bonchev–Trinajstić information content (AvgIpc) is 2.91. The molecule has 3 rings (SSSR count). The Kier molecular flexibility index (Phi) is 5.61. The summed E-state index contributed by atoms with van der Waals surface area (Å²) in [6.07, 6.45) is 0.564. The van der Waals surface area contributed by atoms with Crippen molar-refractivity contribution in [3.8, 4) is 5.75 Å². The van der Waals surface area contributed by atoms with Gasteiger partial charge in [-0.2, -0.15) is 0 Å². The number of rotatable bonds is 5. The van der Waals surface area contributed by atoms with E-state index in [1.54, 1.807) is 0 Å². The largest absolute Gasteiger partial charge is 0.489 e. The number of amides is 1. The minimum absolute atomic E-state index is 0.0859. The summed E-state index contributed by atoms with van der Waals surface area (Å²) in [7, 11) is 0. The van der Waals surface area contributed by atoms with Crippen molar-refractivity contribution in [3.05, 3.63) is 46.8 Å². The van der Waals surface area contributed by atoms with Gasteiger partial charge < -0.3 is 18.9 Å². The first-order valence-corrected chi connectivity index (χ1v) is 8.99. The third-order valence-electron chi connectivity index (χ3n) is 4.62. The molecule has 6 nitrogen and oxygen atoms in total. The number of aryl methyl sites for hydroxylation is 2. The highest BCUT2D eigenvalue weighted by Crippen LogP contribution is 2.19. The molecule has 2 heterocycles. The summed E-state index contributed by atoms with van der Waals surface area (Å²) in [5, 5.41) is 3.92. The highest BCUT2D eigenvalue weighted by Gasteiger charge is 2.25. The van der Waals surface area contributed by atoms with E-state index in [-0.39, 0.29) is 18.1 Å². The molecule has 0 bridgehead atoms. The SMILES string of the molecule is Cc1noc(C)c1COc1ccc(CC(=O)N2C[C@@H](C)O[C@@H](C)C2)cc1. The molecule has 1 aromatic carbocycles. The van der Waals surface area contributed by atoms with Gasteiger partial charge in [0.1, 0.15) is 18.1 Å². The van der Waals surface area contributed by atoms with Crippen LogP contribution >= 0.6 is 0 Å². The number of aromatic nitrogens is 1. The summed E-state index contributed by atoms with van der Waals surface area (Å²) >= 11 is 0. The molecule has 1 amide bonds. The molecule has 1 saturated heterocycles. The van der Waals surface area contributed by atoms with Gasteiger partial charge in [0, 0.05) is 13.1 Å². The fourth-order valence-electron chi connectivity index (χ4n) is 3.23. The Bertz CT molecular complexity index is 724. The van der Waals surface area contributed by atoms with E-state index in [0.29, 0.717) is 26.1 Å². The van der Waals surface area contributed by atoms with Crippen LogP contribution in [0.5, 0.6) is 5.75 Å². The molecule has 1 aromatic heterocycles. The number of hydrogen-bond acceptors (Lipinski definition) is 5. The second-order valence-electron chi connectivity index (χ2n) is 6.97. The van der Waals surface area contributed by atoms with E-state index in [2.05, 4.69) is 5.16 Å². The predicted molar refractivity (Wildman–Crippen MR) is 97.0 cm³/mol. The second kappa shape index (κ2) is 7.91. The predicted octanol–water partition coefficient (Wildman–Crippen LogP) is 3.05. The van der Waals surface area contributed by atoms with Crippen molar-refractivity contribution < 1.29 is 18.8 Å². The van der Waals surface area contributed by atoms with Crippen LogP contribution in [0.1, 0.15) is 36.4 Å². The lowest BCUT2D eigenvalue weighted by atomic mass is 10.1. The van der Waals surface area contributed by atoms with Crippen molar-refractivity contribution in [1.82, 2.24) is 10.1 Å². The van der Waals surface area contributed by atoms with E-state index in [4.69, 9.17) is 14.0 Å². The van der Waals surface area contributed by atoms with E-state index in [1.165, 1.54) is 0 Å². The topological polar surface area (TPSA) is 64.8 Å². The summed E-state index contributed by atoms with van der Waals surface area (Å²) in [4.78, 5) is 14.4. The highest BCUT2D eigenvalue weighted by molar-refractivity contribution is 5.79. The minimum atomic E-state index is 0.0859. The molecule has 26 heavy (non-hydrogen) atoms. The third kappa shape index (κ3) is 4.43. The van der Waals surface area contributed by atoms with E-state index in [9.17, 15) is 4.79 Å². The van der Waals surface area contributed by atoms with E-state index < -0.39 is 0 Å². The monoisotopic (exact) mass is 358 g/mol. The van der Waals surface area contributed by atoms with E-state index in [0.717, 1.165) is 28.3 Å². The number of benzene rings is 1. The lowest BCUT2D eigenvalue weighted by molar-refractivity contribution is -0.142. The molecular formula is C20H26N2O4. The third-order valence-corrected chi connectivity index (χ3v) is 4.62. The molecule has 140 valence electrons. The lowest BCUT2D eigenvalue weighted by Crippen LogP contribution is -2.48. The normalized spacial score (nSPS) is 20.2. The van der Waals surface area contributed by atoms with Crippen LogP contribution in [0.25, 0.3) is 0 Å². The average molecular weight is 358 g/mol. The van der Waals surface area contributed by atoms with Crippen molar-refractivity contribution >= 4 is 5.91 Å². The number of morpholine rings is 1. The summed E-state index contributed by atoms with van der Waals surface area (Å²) in [5.74, 6) is 1.67. The Hall–Kier alpha value is -2.34. The van der Waals surface area contributed by atoms with Crippen LogP contribution < -0.4 is 4.74 Å². The zero-order valence-corrected chi connectivity index (χ0v) is 15.8. The summed E-state index contributed by atoms with van der Waals surface area (Å²) < 4.78 is 16.6. The van der Waals surface area contributed by atoms with Gasteiger partial charge >= 0.3 is 0 Å². The zero-order valence-electron chi connectivity index (χ0n) is 15.8. The molecule has 1 aliphatic rings. The number of ether oxygens (including phenoxy) is 2. The van der Waals surface area contributed by atoms with Crippen LogP contribution in [0.4, 0.5) is 0 Å². The van der Waals surface area contributed by atoms with Gasteiger partial charge in [0.05, 0.1) is 29.9 Å². The molecular weight excluding hydrogens is 332 g/mol. The van der Waals surface area contributed by atoms with Gasteiger partial charge in [0.2, 0.25) is 5.91 Å². The molecule has 0 saturated carbocycles. The van der Waals surface area contributed by atoms with Crippen LogP contribution in [-0.2, 0) is 22.6 Å². The Labute approximate surface area is 154 Å². The fourth-order valence-corrected chi connectivity index (χ4v) is 3.23. The van der Waals surface area contributed by atoms with Crippen LogP contribution in [0.15, 0.2) is 28.8 Å². The first-order chi connectivity index (χ1) is 12.4. The highest BCUT2D eigenvalue weighted by atomic mass is 16.5. The maximum Gasteiger partial charge on any atom is 0.227 e. The lowest BCUT2D eigenvalue weighted by Gasteiger charge is -2.35. The fraction of sp³-hybridized carbons (Fsp3) is 0.500. The van der Waals surface area contributed by atoms with Crippen LogP contribution in [0.3, 0.4) is 0 Å².